The van der Waals surface area contributed by atoms with Gasteiger partial charge in [-0.15, -0.1) is 10.2 Å². The third-order valence-corrected chi connectivity index (χ3v) is 5.45. The van der Waals surface area contributed by atoms with Crippen molar-refractivity contribution in [2.45, 2.75) is 12.1 Å². The molecule has 0 saturated heterocycles. The Labute approximate surface area is 182 Å². The summed E-state index contributed by atoms with van der Waals surface area (Å²) in [6.07, 6.45) is 0. The van der Waals surface area contributed by atoms with Crippen molar-refractivity contribution in [1.82, 2.24) is 14.8 Å². The number of aryl methyl sites for hydroxylation is 1. The molecule has 4 rings (SSSR count). The van der Waals surface area contributed by atoms with Crippen molar-refractivity contribution >= 4 is 23.4 Å². The number of nitrogens with one attached hydrogen (secondary N) is 1. The second kappa shape index (κ2) is 9.09. The molecule has 156 valence electrons. The van der Waals surface area contributed by atoms with Gasteiger partial charge in [0.25, 0.3) is 0 Å². The van der Waals surface area contributed by atoms with E-state index >= 15 is 0 Å². The number of carbonyl (C=O) groups is 1. The van der Waals surface area contributed by atoms with E-state index in [1.54, 1.807) is 0 Å². The molecule has 1 heterocycles. The molecule has 3 aromatic carbocycles. The summed E-state index contributed by atoms with van der Waals surface area (Å²) in [5.41, 5.74) is 2.39. The molecule has 0 bridgehead atoms. The van der Waals surface area contributed by atoms with Gasteiger partial charge in [0.15, 0.2) is 11.0 Å². The number of thioether (sulfide) groups is 1. The Morgan fingerprint density at radius 3 is 2.29 bits per heavy atom. The molecule has 0 fully saturated rings. The summed E-state index contributed by atoms with van der Waals surface area (Å²) in [5, 5.41) is 11.4. The first-order chi connectivity index (χ1) is 15.0. The second-order valence-electron chi connectivity index (χ2n) is 6.78. The van der Waals surface area contributed by atoms with Crippen LogP contribution in [0.1, 0.15) is 5.56 Å². The number of hydrogen-bond donors (Lipinski definition) is 1. The smallest absolute Gasteiger partial charge is 0.235 e. The van der Waals surface area contributed by atoms with E-state index in [2.05, 4.69) is 15.5 Å². The van der Waals surface area contributed by atoms with Gasteiger partial charge in [-0.3, -0.25) is 9.36 Å². The van der Waals surface area contributed by atoms with E-state index in [9.17, 15) is 13.6 Å². The molecule has 0 aliphatic rings. The molecule has 4 aromatic rings. The number of hydrogen-bond acceptors (Lipinski definition) is 4. The van der Waals surface area contributed by atoms with Gasteiger partial charge >= 0.3 is 0 Å². The summed E-state index contributed by atoms with van der Waals surface area (Å²) >= 11 is 1.13. The number of anilines is 1. The normalized spacial score (nSPS) is 10.8. The molecule has 1 N–H and O–H groups in total. The number of para-hydroxylation sites is 2. The lowest BCUT2D eigenvalue weighted by Crippen LogP contribution is -2.16. The molecule has 0 aliphatic heterocycles. The fourth-order valence-electron chi connectivity index (χ4n) is 2.99. The van der Waals surface area contributed by atoms with Crippen molar-refractivity contribution in [1.29, 1.82) is 0 Å². The van der Waals surface area contributed by atoms with E-state index in [0.717, 1.165) is 40.7 Å². The summed E-state index contributed by atoms with van der Waals surface area (Å²) in [6, 6.07) is 20.9. The van der Waals surface area contributed by atoms with Gasteiger partial charge in [-0.1, -0.05) is 65.9 Å². The van der Waals surface area contributed by atoms with Gasteiger partial charge < -0.3 is 5.32 Å². The lowest BCUT2D eigenvalue weighted by atomic mass is 10.1. The van der Waals surface area contributed by atoms with E-state index in [-0.39, 0.29) is 5.75 Å². The topological polar surface area (TPSA) is 59.8 Å². The molecule has 0 spiro atoms. The van der Waals surface area contributed by atoms with Crippen molar-refractivity contribution in [2.75, 3.05) is 11.1 Å². The van der Waals surface area contributed by atoms with E-state index in [4.69, 9.17) is 0 Å². The lowest BCUT2D eigenvalue weighted by molar-refractivity contribution is -0.113. The van der Waals surface area contributed by atoms with Crippen LogP contribution in [0, 0.1) is 18.6 Å². The van der Waals surface area contributed by atoms with Crippen LogP contribution in [0.25, 0.3) is 17.1 Å². The van der Waals surface area contributed by atoms with Crippen molar-refractivity contribution in [2.24, 2.45) is 0 Å². The molecular formula is C23H18F2N4OS. The number of amides is 1. The average molecular weight is 436 g/mol. The zero-order valence-corrected chi connectivity index (χ0v) is 17.4. The minimum Gasteiger partial charge on any atom is -0.320 e. The molecule has 1 amide bonds. The van der Waals surface area contributed by atoms with Crippen LogP contribution in [0.15, 0.2) is 78.0 Å². The molecule has 0 radical (unpaired) electrons. The largest absolute Gasteiger partial charge is 0.320 e. The molecule has 0 aliphatic carbocycles. The highest BCUT2D eigenvalue weighted by Gasteiger charge is 2.18. The van der Waals surface area contributed by atoms with Crippen molar-refractivity contribution in [3.05, 3.63) is 90.0 Å². The van der Waals surface area contributed by atoms with Crippen LogP contribution in [0.2, 0.25) is 0 Å². The van der Waals surface area contributed by atoms with E-state index in [1.165, 1.54) is 6.07 Å². The van der Waals surface area contributed by atoms with Crippen molar-refractivity contribution < 1.29 is 13.6 Å². The van der Waals surface area contributed by atoms with Crippen LogP contribution in [0.3, 0.4) is 0 Å². The number of benzene rings is 3. The minimum absolute atomic E-state index is 0.0906. The minimum atomic E-state index is -0.826. The molecular weight excluding hydrogens is 418 g/mol. The first-order valence-corrected chi connectivity index (χ1v) is 10.5. The summed E-state index contributed by atoms with van der Waals surface area (Å²) in [4.78, 5) is 12.3. The number of carbonyl (C=O) groups excluding carboxylic acids is 1. The zero-order chi connectivity index (χ0) is 21.8. The van der Waals surface area contributed by atoms with Gasteiger partial charge in [0.2, 0.25) is 5.91 Å². The maximum atomic E-state index is 13.8. The van der Waals surface area contributed by atoms with Crippen LogP contribution in [0.4, 0.5) is 14.5 Å². The SMILES string of the molecule is Cc1ccc(-c2nnc(SCC(=O)Nc3c(F)cccc3F)n2-c2ccccc2)cc1. The number of aromatic nitrogens is 3. The predicted octanol–water partition coefficient (Wildman–Crippen LogP) is 5.25. The summed E-state index contributed by atoms with van der Waals surface area (Å²) in [7, 11) is 0. The average Bonchev–Trinajstić information content (AvgIpc) is 3.20. The Balaban J connectivity index is 1.60. The van der Waals surface area contributed by atoms with Crippen molar-refractivity contribution in [3.63, 3.8) is 0 Å². The highest BCUT2D eigenvalue weighted by Crippen LogP contribution is 2.28. The fraction of sp³-hybridized carbons (Fsp3) is 0.0870. The third-order valence-electron chi connectivity index (χ3n) is 4.52. The molecule has 0 atom stereocenters. The molecule has 31 heavy (non-hydrogen) atoms. The monoisotopic (exact) mass is 436 g/mol. The van der Waals surface area contributed by atoms with Crippen LogP contribution in [-0.2, 0) is 4.79 Å². The highest BCUT2D eigenvalue weighted by atomic mass is 32.2. The predicted molar refractivity (Wildman–Crippen MR) is 117 cm³/mol. The van der Waals surface area contributed by atoms with E-state index in [1.807, 2.05) is 66.1 Å². The first kappa shape index (κ1) is 20.7. The second-order valence-corrected chi connectivity index (χ2v) is 7.72. The maximum Gasteiger partial charge on any atom is 0.235 e. The Bertz CT molecular complexity index is 1190. The van der Waals surface area contributed by atoms with Gasteiger partial charge in [-0.25, -0.2) is 8.78 Å². The Kier molecular flexibility index (Phi) is 6.08. The number of rotatable bonds is 6. The van der Waals surface area contributed by atoms with Crippen molar-refractivity contribution in [3.8, 4) is 17.1 Å². The van der Waals surface area contributed by atoms with Gasteiger partial charge in [0.1, 0.15) is 17.3 Å². The quantitative estimate of drug-likeness (QED) is 0.419. The number of nitrogens with zero attached hydrogens (tertiary/aromatic N) is 3. The molecule has 0 unspecified atom stereocenters. The van der Waals surface area contributed by atoms with E-state index in [0.29, 0.717) is 11.0 Å². The fourth-order valence-corrected chi connectivity index (χ4v) is 3.74. The Morgan fingerprint density at radius 2 is 1.61 bits per heavy atom. The molecule has 0 saturated carbocycles. The van der Waals surface area contributed by atoms with Gasteiger partial charge in [-0.05, 0) is 31.2 Å². The van der Waals surface area contributed by atoms with Gasteiger partial charge in [0.05, 0.1) is 5.75 Å². The van der Waals surface area contributed by atoms with Crippen LogP contribution in [-0.4, -0.2) is 26.4 Å². The Hall–Kier alpha value is -3.52. The summed E-state index contributed by atoms with van der Waals surface area (Å²) < 4.78 is 29.4. The highest BCUT2D eigenvalue weighted by molar-refractivity contribution is 7.99. The molecule has 8 heteroatoms. The Morgan fingerprint density at radius 1 is 0.935 bits per heavy atom. The van der Waals surface area contributed by atoms with Gasteiger partial charge in [0, 0.05) is 11.3 Å². The third kappa shape index (κ3) is 4.64. The lowest BCUT2D eigenvalue weighted by Gasteiger charge is -2.11. The number of halogens is 2. The first-order valence-electron chi connectivity index (χ1n) is 9.47. The molecule has 5 nitrogen and oxygen atoms in total. The molecule has 1 aromatic heterocycles. The van der Waals surface area contributed by atoms with Crippen LogP contribution < -0.4 is 5.32 Å². The summed E-state index contributed by atoms with van der Waals surface area (Å²) in [6.45, 7) is 2.00. The van der Waals surface area contributed by atoms with Crippen LogP contribution in [0.5, 0.6) is 0 Å². The van der Waals surface area contributed by atoms with Crippen LogP contribution >= 0.6 is 11.8 Å². The summed E-state index contributed by atoms with van der Waals surface area (Å²) in [5.74, 6) is -1.66. The zero-order valence-electron chi connectivity index (χ0n) is 16.5. The standard InChI is InChI=1S/C23H18F2N4OS/c1-15-10-12-16(13-11-15)22-27-28-23(29(22)17-6-3-2-4-7-17)31-14-20(30)26-21-18(24)8-5-9-19(21)25/h2-13H,14H2,1H3,(H,26,30). The van der Waals surface area contributed by atoms with E-state index < -0.39 is 23.2 Å². The van der Waals surface area contributed by atoms with Gasteiger partial charge in [-0.2, -0.15) is 0 Å². The maximum absolute atomic E-state index is 13.8.